The molecule has 1 nitrogen and oxygen atoms in total. The molecule has 0 saturated carbocycles. The van der Waals surface area contributed by atoms with E-state index in [4.69, 9.17) is 0 Å². The van der Waals surface area contributed by atoms with Crippen LogP contribution in [0.25, 0.3) is 0 Å². The van der Waals surface area contributed by atoms with Gasteiger partial charge in [0.05, 0.1) is 0 Å². The maximum absolute atomic E-state index is 4.31. The van der Waals surface area contributed by atoms with E-state index in [9.17, 15) is 0 Å². The zero-order valence-corrected chi connectivity index (χ0v) is 14.5. The molecule has 0 aliphatic rings. The van der Waals surface area contributed by atoms with Crippen LogP contribution in [-0.2, 0) is 0 Å². The lowest BCUT2D eigenvalue weighted by atomic mass is 9.90. The quantitative estimate of drug-likeness (QED) is 0.383. The molecule has 1 heteroatoms. The Balaban J connectivity index is 4.58. The number of allylic oxidation sites excluding steroid dienone is 1. The molecule has 0 saturated heterocycles. The summed E-state index contributed by atoms with van der Waals surface area (Å²) in [5.41, 5.74) is 2.77. The topological polar surface area (TPSA) is 3.24 Å². The van der Waals surface area contributed by atoms with Crippen LogP contribution in [0.4, 0.5) is 0 Å². The van der Waals surface area contributed by atoms with Crippen LogP contribution < -0.4 is 0 Å². The van der Waals surface area contributed by atoms with Crippen LogP contribution in [0.15, 0.2) is 24.3 Å². The van der Waals surface area contributed by atoms with Gasteiger partial charge in [0, 0.05) is 6.54 Å². The number of hydrogen-bond donors (Lipinski definition) is 0. The zero-order valence-electron chi connectivity index (χ0n) is 14.5. The van der Waals surface area contributed by atoms with Gasteiger partial charge in [-0.1, -0.05) is 64.8 Å². The smallest absolute Gasteiger partial charge is 0.00500 e. The van der Waals surface area contributed by atoms with E-state index < -0.39 is 0 Å². The van der Waals surface area contributed by atoms with E-state index in [2.05, 4.69) is 45.8 Å². The Bertz CT molecular complexity index is 259. The van der Waals surface area contributed by atoms with Gasteiger partial charge in [0.2, 0.25) is 0 Å². The van der Waals surface area contributed by atoms with Crippen LogP contribution in [0, 0.1) is 5.92 Å². The summed E-state index contributed by atoms with van der Waals surface area (Å²) in [6.45, 7) is 21.1. The van der Waals surface area contributed by atoms with E-state index in [0.717, 1.165) is 19.3 Å². The largest absolute Gasteiger partial charge is 0.303 e. The monoisotopic (exact) mass is 279 g/mol. The Kier molecular flexibility index (Phi) is 11.9. The molecule has 0 amide bonds. The number of hydrogen-bond acceptors (Lipinski definition) is 1. The summed E-state index contributed by atoms with van der Waals surface area (Å²) in [4.78, 5) is 2.65. The molecular weight excluding hydrogens is 242 g/mol. The van der Waals surface area contributed by atoms with Crippen molar-refractivity contribution >= 4 is 0 Å². The van der Waals surface area contributed by atoms with Crippen molar-refractivity contribution in [1.82, 2.24) is 4.90 Å². The molecule has 0 heterocycles. The van der Waals surface area contributed by atoms with E-state index in [1.165, 1.54) is 56.5 Å². The highest BCUT2D eigenvalue weighted by molar-refractivity contribution is 5.07. The summed E-state index contributed by atoms with van der Waals surface area (Å²) in [5.74, 6) is 0.598. The standard InChI is InChI=1S/C19H37N/c1-7-11-13-20(14-12-8-2)16-19(18(6)10-4)15-17(5)9-3/h19H,5-16H2,1-4H3. The fourth-order valence-electron chi connectivity index (χ4n) is 2.49. The first-order valence-electron chi connectivity index (χ1n) is 8.65. The zero-order chi connectivity index (χ0) is 15.4. The van der Waals surface area contributed by atoms with Crippen LogP contribution in [0.5, 0.6) is 0 Å². The molecule has 0 aromatic rings. The van der Waals surface area contributed by atoms with Crippen molar-refractivity contribution in [2.45, 2.75) is 72.6 Å². The fourth-order valence-corrected chi connectivity index (χ4v) is 2.49. The van der Waals surface area contributed by atoms with Crippen LogP contribution in [0.1, 0.15) is 72.6 Å². The van der Waals surface area contributed by atoms with E-state index in [-0.39, 0.29) is 0 Å². The minimum atomic E-state index is 0.598. The molecule has 0 N–H and O–H groups in total. The van der Waals surface area contributed by atoms with Crippen molar-refractivity contribution < 1.29 is 0 Å². The molecule has 0 aliphatic carbocycles. The lowest BCUT2D eigenvalue weighted by Crippen LogP contribution is -2.32. The molecule has 0 radical (unpaired) electrons. The van der Waals surface area contributed by atoms with Gasteiger partial charge >= 0.3 is 0 Å². The average molecular weight is 280 g/mol. The van der Waals surface area contributed by atoms with Crippen molar-refractivity contribution in [3.63, 3.8) is 0 Å². The second-order valence-electron chi connectivity index (χ2n) is 6.02. The molecule has 118 valence electrons. The summed E-state index contributed by atoms with van der Waals surface area (Å²) in [5, 5.41) is 0. The van der Waals surface area contributed by atoms with Crippen molar-refractivity contribution in [3.05, 3.63) is 24.3 Å². The second-order valence-corrected chi connectivity index (χ2v) is 6.02. The summed E-state index contributed by atoms with van der Waals surface area (Å²) in [6.07, 6.45) is 8.49. The highest BCUT2D eigenvalue weighted by Crippen LogP contribution is 2.23. The predicted octanol–water partition coefficient (Wildman–Crippen LogP) is 5.83. The third-order valence-corrected chi connectivity index (χ3v) is 4.20. The van der Waals surface area contributed by atoms with E-state index in [1.54, 1.807) is 0 Å². The maximum atomic E-state index is 4.31. The number of nitrogens with zero attached hydrogens (tertiary/aromatic N) is 1. The molecule has 1 atom stereocenters. The molecule has 0 bridgehead atoms. The molecule has 0 spiro atoms. The Morgan fingerprint density at radius 3 is 1.85 bits per heavy atom. The van der Waals surface area contributed by atoms with Crippen LogP contribution in [-0.4, -0.2) is 24.5 Å². The first kappa shape index (κ1) is 19.4. The Labute approximate surface area is 128 Å². The minimum absolute atomic E-state index is 0.598. The lowest BCUT2D eigenvalue weighted by molar-refractivity contribution is 0.234. The van der Waals surface area contributed by atoms with Crippen LogP contribution >= 0.6 is 0 Å². The van der Waals surface area contributed by atoms with Crippen LogP contribution in [0.2, 0.25) is 0 Å². The lowest BCUT2D eigenvalue weighted by Gasteiger charge is -2.29. The van der Waals surface area contributed by atoms with E-state index in [1.807, 2.05) is 0 Å². The number of rotatable bonds is 13. The second kappa shape index (κ2) is 12.2. The van der Waals surface area contributed by atoms with Gasteiger partial charge < -0.3 is 4.90 Å². The van der Waals surface area contributed by atoms with Gasteiger partial charge in [0.15, 0.2) is 0 Å². The van der Waals surface area contributed by atoms with Gasteiger partial charge in [-0.15, -0.1) is 0 Å². The molecule has 0 aromatic heterocycles. The van der Waals surface area contributed by atoms with Crippen molar-refractivity contribution in [1.29, 1.82) is 0 Å². The highest BCUT2D eigenvalue weighted by Gasteiger charge is 2.16. The highest BCUT2D eigenvalue weighted by atomic mass is 15.1. The van der Waals surface area contributed by atoms with Crippen LogP contribution in [0.3, 0.4) is 0 Å². The summed E-state index contributed by atoms with van der Waals surface area (Å²) < 4.78 is 0. The van der Waals surface area contributed by atoms with E-state index in [0.29, 0.717) is 5.92 Å². The summed E-state index contributed by atoms with van der Waals surface area (Å²) in [7, 11) is 0. The Hall–Kier alpha value is -0.560. The Morgan fingerprint density at radius 1 is 0.900 bits per heavy atom. The van der Waals surface area contributed by atoms with Crippen molar-refractivity contribution in [2.24, 2.45) is 5.92 Å². The van der Waals surface area contributed by atoms with Gasteiger partial charge in [-0.3, -0.25) is 0 Å². The van der Waals surface area contributed by atoms with Gasteiger partial charge in [-0.25, -0.2) is 0 Å². The Morgan fingerprint density at radius 2 is 1.45 bits per heavy atom. The minimum Gasteiger partial charge on any atom is -0.303 e. The molecule has 0 rings (SSSR count). The summed E-state index contributed by atoms with van der Waals surface area (Å²) in [6, 6.07) is 0. The molecule has 1 unspecified atom stereocenters. The SMILES string of the molecule is C=C(CC)CC(CN(CCCC)CCCC)C(=C)CC. The first-order chi connectivity index (χ1) is 9.58. The first-order valence-corrected chi connectivity index (χ1v) is 8.65. The molecule has 20 heavy (non-hydrogen) atoms. The fraction of sp³-hybridized carbons (Fsp3) is 0.789. The predicted molar refractivity (Wildman–Crippen MR) is 93.2 cm³/mol. The van der Waals surface area contributed by atoms with Crippen molar-refractivity contribution in [3.8, 4) is 0 Å². The van der Waals surface area contributed by atoms with Gasteiger partial charge in [-0.2, -0.15) is 0 Å². The van der Waals surface area contributed by atoms with E-state index >= 15 is 0 Å². The summed E-state index contributed by atoms with van der Waals surface area (Å²) >= 11 is 0. The normalized spacial score (nSPS) is 12.7. The van der Waals surface area contributed by atoms with Gasteiger partial charge in [-0.05, 0) is 51.1 Å². The maximum Gasteiger partial charge on any atom is 0.00500 e. The third kappa shape index (κ3) is 8.58. The van der Waals surface area contributed by atoms with Gasteiger partial charge in [0.1, 0.15) is 0 Å². The molecule has 0 aromatic carbocycles. The molecule has 0 aliphatic heterocycles. The molecular formula is C19H37N. The number of unbranched alkanes of at least 4 members (excludes halogenated alkanes) is 2. The third-order valence-electron chi connectivity index (χ3n) is 4.20. The molecule has 0 fully saturated rings. The van der Waals surface area contributed by atoms with Gasteiger partial charge in [0.25, 0.3) is 0 Å². The average Bonchev–Trinajstić information content (AvgIpc) is 2.47. The van der Waals surface area contributed by atoms with Crippen molar-refractivity contribution in [2.75, 3.05) is 19.6 Å².